The Bertz CT molecular complexity index is 801. The Balaban J connectivity index is 1.56. The molecular formula is C20H23N3O2S. The summed E-state index contributed by atoms with van der Waals surface area (Å²) in [6.07, 6.45) is 2.20. The van der Waals surface area contributed by atoms with E-state index in [4.69, 9.17) is 9.47 Å². The molecule has 6 heteroatoms. The number of hydrogen-bond acceptors (Lipinski definition) is 5. The molecule has 2 aromatic carbocycles. The van der Waals surface area contributed by atoms with Gasteiger partial charge in [-0.25, -0.2) is 4.98 Å². The summed E-state index contributed by atoms with van der Waals surface area (Å²) < 4.78 is 10.9. The highest BCUT2D eigenvalue weighted by Crippen LogP contribution is 2.24. The van der Waals surface area contributed by atoms with E-state index in [2.05, 4.69) is 34.2 Å². The minimum absolute atomic E-state index is 0.735. The van der Waals surface area contributed by atoms with Crippen LogP contribution in [0.1, 0.15) is 25.3 Å². The molecular weight excluding hydrogens is 346 g/mol. The maximum atomic E-state index is 5.69. The topological polar surface area (TPSA) is 60.0 Å². The first-order valence-electron chi connectivity index (χ1n) is 8.70. The van der Waals surface area contributed by atoms with Crippen LogP contribution in [0.2, 0.25) is 0 Å². The van der Waals surface area contributed by atoms with E-state index < -0.39 is 0 Å². The normalized spacial score (nSPS) is 10.7. The second-order valence-corrected chi connectivity index (χ2v) is 6.77. The van der Waals surface area contributed by atoms with Crippen molar-refractivity contribution in [2.75, 3.05) is 13.7 Å². The van der Waals surface area contributed by atoms with E-state index in [-0.39, 0.29) is 0 Å². The van der Waals surface area contributed by atoms with Gasteiger partial charge in [-0.2, -0.15) is 0 Å². The number of aromatic nitrogens is 3. The van der Waals surface area contributed by atoms with Crippen molar-refractivity contribution in [1.29, 1.82) is 0 Å². The quantitative estimate of drug-likeness (QED) is 0.427. The average Bonchev–Trinajstić information content (AvgIpc) is 3.16. The number of H-pyrrole nitrogens is 1. The molecule has 26 heavy (non-hydrogen) atoms. The predicted molar refractivity (Wildman–Crippen MR) is 105 cm³/mol. The molecule has 1 aromatic heterocycles. The van der Waals surface area contributed by atoms with Crippen LogP contribution in [0.15, 0.2) is 53.7 Å². The zero-order valence-electron chi connectivity index (χ0n) is 15.1. The van der Waals surface area contributed by atoms with Gasteiger partial charge in [0.15, 0.2) is 5.82 Å². The van der Waals surface area contributed by atoms with E-state index >= 15 is 0 Å². The number of methoxy groups -OCH3 is 1. The van der Waals surface area contributed by atoms with Crippen LogP contribution in [0.5, 0.6) is 11.5 Å². The van der Waals surface area contributed by atoms with Gasteiger partial charge in [0, 0.05) is 11.3 Å². The van der Waals surface area contributed by atoms with Gasteiger partial charge in [-0.05, 0) is 48.4 Å². The van der Waals surface area contributed by atoms with Crippen molar-refractivity contribution in [2.45, 2.75) is 30.7 Å². The number of nitrogens with zero attached hydrogens (tertiary/aromatic N) is 2. The minimum atomic E-state index is 0.735. The lowest BCUT2D eigenvalue weighted by Crippen LogP contribution is -1.96. The number of aromatic amines is 1. The first-order chi connectivity index (χ1) is 12.8. The Morgan fingerprint density at radius 2 is 1.73 bits per heavy atom. The standard InChI is InChI=1S/C20H23N3O2S/c1-3-4-13-25-18-11-7-16(8-12-18)19-21-20(23-22-19)26-14-15-5-9-17(24-2)10-6-15/h5-12H,3-4,13-14H2,1-2H3,(H,21,22,23). The van der Waals surface area contributed by atoms with E-state index in [1.807, 2.05) is 36.4 Å². The Morgan fingerprint density at radius 1 is 1.00 bits per heavy atom. The molecule has 0 aliphatic carbocycles. The van der Waals surface area contributed by atoms with Crippen LogP contribution in [-0.2, 0) is 5.75 Å². The average molecular weight is 369 g/mol. The molecule has 0 radical (unpaired) electrons. The highest BCUT2D eigenvalue weighted by molar-refractivity contribution is 7.98. The van der Waals surface area contributed by atoms with Gasteiger partial charge in [-0.3, -0.25) is 5.10 Å². The van der Waals surface area contributed by atoms with Crippen LogP contribution >= 0.6 is 11.8 Å². The maximum Gasteiger partial charge on any atom is 0.209 e. The summed E-state index contributed by atoms with van der Waals surface area (Å²) in [5.41, 5.74) is 2.20. The van der Waals surface area contributed by atoms with Crippen LogP contribution in [0, 0.1) is 0 Å². The molecule has 0 fully saturated rings. The Labute approximate surface area is 158 Å². The number of thioether (sulfide) groups is 1. The van der Waals surface area contributed by atoms with E-state index in [1.54, 1.807) is 18.9 Å². The summed E-state index contributed by atoms with van der Waals surface area (Å²) in [5.74, 6) is 3.32. The lowest BCUT2D eigenvalue weighted by molar-refractivity contribution is 0.309. The summed E-state index contributed by atoms with van der Waals surface area (Å²) in [4.78, 5) is 4.57. The molecule has 1 heterocycles. The molecule has 0 amide bonds. The predicted octanol–water partition coefficient (Wildman–Crippen LogP) is 4.95. The summed E-state index contributed by atoms with van der Waals surface area (Å²) in [5, 5.41) is 8.04. The van der Waals surface area contributed by atoms with Crippen LogP contribution in [0.4, 0.5) is 0 Å². The van der Waals surface area contributed by atoms with Gasteiger partial charge >= 0.3 is 0 Å². The number of unbranched alkanes of at least 4 members (excludes halogenated alkanes) is 1. The zero-order valence-corrected chi connectivity index (χ0v) is 15.9. The van der Waals surface area contributed by atoms with Gasteiger partial charge in [0.25, 0.3) is 0 Å². The van der Waals surface area contributed by atoms with E-state index in [9.17, 15) is 0 Å². The Morgan fingerprint density at radius 3 is 2.42 bits per heavy atom. The maximum absolute atomic E-state index is 5.69. The van der Waals surface area contributed by atoms with Crippen molar-refractivity contribution in [2.24, 2.45) is 0 Å². The molecule has 0 aliphatic heterocycles. The zero-order chi connectivity index (χ0) is 18.2. The molecule has 3 aromatic rings. The van der Waals surface area contributed by atoms with Crippen LogP contribution in [-0.4, -0.2) is 28.9 Å². The van der Waals surface area contributed by atoms with Crippen molar-refractivity contribution in [3.8, 4) is 22.9 Å². The second kappa shape index (κ2) is 9.29. The van der Waals surface area contributed by atoms with Crippen molar-refractivity contribution in [3.63, 3.8) is 0 Å². The third-order valence-corrected chi connectivity index (χ3v) is 4.80. The second-order valence-electron chi connectivity index (χ2n) is 5.83. The van der Waals surface area contributed by atoms with Gasteiger partial charge in [-0.1, -0.05) is 37.2 Å². The number of rotatable bonds is 9. The fraction of sp³-hybridized carbons (Fsp3) is 0.300. The molecule has 1 N–H and O–H groups in total. The molecule has 0 unspecified atom stereocenters. The summed E-state index contributed by atoms with van der Waals surface area (Å²) in [6, 6.07) is 16.0. The number of hydrogen-bond donors (Lipinski definition) is 1. The van der Waals surface area contributed by atoms with Crippen molar-refractivity contribution in [1.82, 2.24) is 15.2 Å². The van der Waals surface area contributed by atoms with E-state index in [1.165, 1.54) is 5.56 Å². The third kappa shape index (κ3) is 5.02. The largest absolute Gasteiger partial charge is 0.497 e. The third-order valence-electron chi connectivity index (χ3n) is 3.89. The Hall–Kier alpha value is -2.47. The summed E-state index contributed by atoms with van der Waals surface area (Å²) in [6.45, 7) is 2.91. The number of benzene rings is 2. The summed E-state index contributed by atoms with van der Waals surface area (Å²) >= 11 is 1.60. The monoisotopic (exact) mass is 369 g/mol. The van der Waals surface area contributed by atoms with Crippen molar-refractivity contribution < 1.29 is 9.47 Å². The molecule has 0 atom stereocenters. The van der Waals surface area contributed by atoms with Gasteiger partial charge in [0.1, 0.15) is 11.5 Å². The first kappa shape index (κ1) is 18.3. The molecule has 0 aliphatic rings. The minimum Gasteiger partial charge on any atom is -0.497 e. The lowest BCUT2D eigenvalue weighted by atomic mass is 10.2. The van der Waals surface area contributed by atoms with Crippen LogP contribution in [0.3, 0.4) is 0 Å². The highest BCUT2D eigenvalue weighted by Gasteiger charge is 2.07. The van der Waals surface area contributed by atoms with Gasteiger partial charge in [-0.15, -0.1) is 5.10 Å². The van der Waals surface area contributed by atoms with Gasteiger partial charge < -0.3 is 9.47 Å². The lowest BCUT2D eigenvalue weighted by Gasteiger charge is -2.05. The fourth-order valence-corrected chi connectivity index (χ4v) is 3.11. The number of nitrogens with one attached hydrogen (secondary N) is 1. The van der Waals surface area contributed by atoms with Crippen LogP contribution < -0.4 is 9.47 Å². The molecule has 0 spiro atoms. The smallest absolute Gasteiger partial charge is 0.209 e. The molecule has 136 valence electrons. The molecule has 3 rings (SSSR count). The summed E-state index contributed by atoms with van der Waals surface area (Å²) in [7, 11) is 1.67. The van der Waals surface area contributed by atoms with Crippen molar-refractivity contribution in [3.05, 3.63) is 54.1 Å². The van der Waals surface area contributed by atoms with Gasteiger partial charge in [0.05, 0.1) is 13.7 Å². The van der Waals surface area contributed by atoms with Gasteiger partial charge in [0.2, 0.25) is 5.16 Å². The fourth-order valence-electron chi connectivity index (χ4n) is 2.35. The Kier molecular flexibility index (Phi) is 6.55. The SMILES string of the molecule is CCCCOc1ccc(-c2nc(SCc3ccc(OC)cc3)n[nH]2)cc1. The first-order valence-corrected chi connectivity index (χ1v) is 9.68. The number of ether oxygens (including phenoxy) is 2. The van der Waals surface area contributed by atoms with E-state index in [0.29, 0.717) is 0 Å². The van der Waals surface area contributed by atoms with Crippen molar-refractivity contribution >= 4 is 11.8 Å². The highest BCUT2D eigenvalue weighted by atomic mass is 32.2. The molecule has 0 bridgehead atoms. The molecule has 0 saturated carbocycles. The van der Waals surface area contributed by atoms with E-state index in [0.717, 1.165) is 53.2 Å². The molecule has 5 nitrogen and oxygen atoms in total. The molecule has 0 saturated heterocycles. The van der Waals surface area contributed by atoms with Crippen LogP contribution in [0.25, 0.3) is 11.4 Å².